The molecule has 98 valence electrons. The molecule has 0 spiro atoms. The van der Waals surface area contributed by atoms with E-state index in [9.17, 15) is 9.59 Å². The lowest BCUT2D eigenvalue weighted by molar-refractivity contribution is -0.138. The molecule has 0 aromatic heterocycles. The number of hydrogen-bond acceptors (Lipinski definition) is 3. The summed E-state index contributed by atoms with van der Waals surface area (Å²) in [5.41, 5.74) is -0.715. The molecule has 0 bridgehead atoms. The predicted molar refractivity (Wildman–Crippen MR) is 71.0 cm³/mol. The minimum atomic E-state index is -0.715. The van der Waals surface area contributed by atoms with Crippen LogP contribution in [-0.2, 0) is 9.59 Å². The topological polar surface area (TPSA) is 49.4 Å². The molecule has 1 unspecified atom stereocenters. The highest BCUT2D eigenvalue weighted by molar-refractivity contribution is 7.98. The number of rotatable bonds is 5. The zero-order valence-electron chi connectivity index (χ0n) is 10.9. The Balaban J connectivity index is 2.70. The zero-order chi connectivity index (χ0) is 12.9. The van der Waals surface area contributed by atoms with Crippen molar-refractivity contribution in [2.45, 2.75) is 38.6 Å². The van der Waals surface area contributed by atoms with E-state index in [1.54, 1.807) is 11.8 Å². The summed E-state index contributed by atoms with van der Waals surface area (Å²) in [6, 6.07) is 0. The summed E-state index contributed by atoms with van der Waals surface area (Å²) >= 11 is 1.78. The van der Waals surface area contributed by atoms with Crippen molar-refractivity contribution in [2.24, 2.45) is 0 Å². The Hall–Kier alpha value is -0.710. The fraction of sp³-hybridized carbons (Fsp3) is 0.833. The average Bonchev–Trinajstić information content (AvgIpc) is 2.41. The summed E-state index contributed by atoms with van der Waals surface area (Å²) in [5, 5.41) is 2.84. The van der Waals surface area contributed by atoms with Crippen LogP contribution in [0.5, 0.6) is 0 Å². The van der Waals surface area contributed by atoms with Crippen LogP contribution in [0.25, 0.3) is 0 Å². The zero-order valence-corrected chi connectivity index (χ0v) is 11.7. The lowest BCUT2D eigenvalue weighted by Crippen LogP contribution is -2.54. The van der Waals surface area contributed by atoms with Crippen molar-refractivity contribution in [1.82, 2.24) is 10.2 Å². The number of thioether (sulfide) groups is 1. The van der Waals surface area contributed by atoms with Crippen LogP contribution in [-0.4, -0.2) is 47.4 Å². The maximum Gasteiger partial charge on any atom is 0.248 e. The largest absolute Gasteiger partial charge is 0.342 e. The first kappa shape index (κ1) is 14.4. The van der Waals surface area contributed by atoms with Crippen LogP contribution in [0.1, 0.15) is 33.1 Å². The first-order chi connectivity index (χ1) is 8.03. The molecule has 0 radical (unpaired) electrons. The Bertz CT molecular complexity index is 296. The molecule has 4 nitrogen and oxygen atoms in total. The fourth-order valence-corrected chi connectivity index (χ4v) is 2.38. The number of carbonyl (C=O) groups is 2. The molecule has 2 amide bonds. The third kappa shape index (κ3) is 3.63. The number of nitrogens with one attached hydrogen (secondary N) is 1. The van der Waals surface area contributed by atoms with Gasteiger partial charge in [0.1, 0.15) is 5.54 Å². The van der Waals surface area contributed by atoms with E-state index in [2.05, 4.69) is 11.6 Å². The van der Waals surface area contributed by atoms with E-state index in [4.69, 9.17) is 0 Å². The van der Waals surface area contributed by atoms with E-state index in [0.717, 1.165) is 18.7 Å². The highest BCUT2D eigenvalue weighted by Gasteiger charge is 2.38. The van der Waals surface area contributed by atoms with E-state index in [1.807, 2.05) is 18.7 Å². The summed E-state index contributed by atoms with van der Waals surface area (Å²) in [6.45, 7) is 5.06. The van der Waals surface area contributed by atoms with Crippen LogP contribution in [0.15, 0.2) is 0 Å². The molecule has 5 heteroatoms. The van der Waals surface area contributed by atoms with Gasteiger partial charge in [0.2, 0.25) is 11.8 Å². The van der Waals surface area contributed by atoms with Gasteiger partial charge in [-0.1, -0.05) is 6.92 Å². The fourth-order valence-electron chi connectivity index (χ4n) is 1.96. The standard InChI is InChI=1S/C12H22N2O2S/c1-4-12(2)11(16)14(7-5-9-17-3)8-6-10(15)13-12/h4-9H2,1-3H3,(H,13,15). The molecule has 1 heterocycles. The summed E-state index contributed by atoms with van der Waals surface area (Å²) in [7, 11) is 0. The number of carbonyl (C=O) groups excluding carboxylic acids is 2. The van der Waals surface area contributed by atoms with Crippen molar-refractivity contribution < 1.29 is 9.59 Å². The van der Waals surface area contributed by atoms with Crippen LogP contribution >= 0.6 is 11.8 Å². The van der Waals surface area contributed by atoms with Crippen LogP contribution in [0.3, 0.4) is 0 Å². The lowest BCUT2D eigenvalue weighted by Gasteiger charge is -2.31. The molecule has 1 fully saturated rings. The van der Waals surface area contributed by atoms with Crippen molar-refractivity contribution in [3.8, 4) is 0 Å². The minimum absolute atomic E-state index is 0.0185. The van der Waals surface area contributed by atoms with E-state index < -0.39 is 5.54 Å². The van der Waals surface area contributed by atoms with Gasteiger partial charge in [-0.3, -0.25) is 9.59 Å². The van der Waals surface area contributed by atoms with Crippen molar-refractivity contribution >= 4 is 23.6 Å². The van der Waals surface area contributed by atoms with Gasteiger partial charge in [-0.15, -0.1) is 0 Å². The third-order valence-electron chi connectivity index (χ3n) is 3.27. The quantitative estimate of drug-likeness (QED) is 0.755. The van der Waals surface area contributed by atoms with Gasteiger partial charge in [0.05, 0.1) is 0 Å². The first-order valence-electron chi connectivity index (χ1n) is 6.13. The highest BCUT2D eigenvalue weighted by Crippen LogP contribution is 2.18. The normalized spacial score (nSPS) is 25.7. The monoisotopic (exact) mass is 258 g/mol. The highest BCUT2D eigenvalue weighted by atomic mass is 32.2. The molecule has 1 rings (SSSR count). The summed E-state index contributed by atoms with van der Waals surface area (Å²) in [6.07, 6.45) is 4.10. The first-order valence-corrected chi connectivity index (χ1v) is 7.52. The van der Waals surface area contributed by atoms with Crippen LogP contribution in [0.2, 0.25) is 0 Å². The van der Waals surface area contributed by atoms with Gasteiger partial charge in [-0.2, -0.15) is 11.8 Å². The molecule has 0 aromatic rings. The Morgan fingerprint density at radius 1 is 1.47 bits per heavy atom. The third-order valence-corrected chi connectivity index (χ3v) is 3.96. The molecule has 1 saturated heterocycles. The van der Waals surface area contributed by atoms with Gasteiger partial charge >= 0.3 is 0 Å². The van der Waals surface area contributed by atoms with Crippen molar-refractivity contribution in [1.29, 1.82) is 0 Å². The predicted octanol–water partition coefficient (Wildman–Crippen LogP) is 1.26. The van der Waals surface area contributed by atoms with E-state index in [0.29, 0.717) is 19.4 Å². The van der Waals surface area contributed by atoms with Gasteiger partial charge < -0.3 is 10.2 Å². The Morgan fingerprint density at radius 3 is 2.76 bits per heavy atom. The van der Waals surface area contributed by atoms with E-state index in [1.165, 1.54) is 0 Å². The molecule has 0 aliphatic carbocycles. The van der Waals surface area contributed by atoms with Crippen LogP contribution < -0.4 is 5.32 Å². The van der Waals surface area contributed by atoms with Gasteiger partial charge in [0, 0.05) is 19.5 Å². The van der Waals surface area contributed by atoms with Crippen molar-refractivity contribution in [2.75, 3.05) is 25.1 Å². The Labute approximate surface area is 108 Å². The Kier molecular flexibility index (Phi) is 5.31. The van der Waals surface area contributed by atoms with Crippen molar-refractivity contribution in [3.63, 3.8) is 0 Å². The average molecular weight is 258 g/mol. The number of nitrogens with zero attached hydrogens (tertiary/aromatic N) is 1. The number of hydrogen-bond donors (Lipinski definition) is 1. The van der Waals surface area contributed by atoms with Crippen LogP contribution in [0.4, 0.5) is 0 Å². The van der Waals surface area contributed by atoms with E-state index in [-0.39, 0.29) is 11.8 Å². The maximum absolute atomic E-state index is 12.3. The minimum Gasteiger partial charge on any atom is -0.342 e. The summed E-state index contributed by atoms with van der Waals surface area (Å²) in [4.78, 5) is 25.8. The molecule has 17 heavy (non-hydrogen) atoms. The molecular weight excluding hydrogens is 236 g/mol. The molecule has 1 aliphatic heterocycles. The second-order valence-corrected chi connectivity index (χ2v) is 5.61. The second-order valence-electron chi connectivity index (χ2n) is 4.62. The molecule has 1 N–H and O–H groups in total. The second kappa shape index (κ2) is 6.28. The van der Waals surface area contributed by atoms with Gasteiger partial charge in [-0.05, 0) is 31.8 Å². The number of amides is 2. The molecule has 1 atom stereocenters. The molecule has 0 saturated carbocycles. The SMILES string of the molecule is CCC1(C)NC(=O)CCN(CCCSC)C1=O. The van der Waals surface area contributed by atoms with Crippen molar-refractivity contribution in [3.05, 3.63) is 0 Å². The smallest absolute Gasteiger partial charge is 0.248 e. The maximum atomic E-state index is 12.3. The Morgan fingerprint density at radius 2 is 2.18 bits per heavy atom. The molecular formula is C12H22N2O2S. The summed E-state index contributed by atoms with van der Waals surface area (Å²) < 4.78 is 0. The van der Waals surface area contributed by atoms with Gasteiger partial charge in [0.15, 0.2) is 0 Å². The van der Waals surface area contributed by atoms with Gasteiger partial charge in [-0.25, -0.2) is 0 Å². The van der Waals surface area contributed by atoms with Gasteiger partial charge in [0.25, 0.3) is 0 Å². The molecule has 0 aromatic carbocycles. The van der Waals surface area contributed by atoms with Crippen LogP contribution in [0, 0.1) is 0 Å². The molecule has 1 aliphatic rings. The van der Waals surface area contributed by atoms with E-state index >= 15 is 0 Å². The lowest BCUT2D eigenvalue weighted by atomic mass is 9.97. The summed E-state index contributed by atoms with van der Waals surface area (Å²) in [5.74, 6) is 1.09.